The summed E-state index contributed by atoms with van der Waals surface area (Å²) in [6.07, 6.45) is 0. The second-order valence-electron chi connectivity index (χ2n) is 19.6. The molecule has 0 aliphatic rings. The van der Waals surface area contributed by atoms with Crippen molar-refractivity contribution in [2.45, 2.75) is 0 Å². The molecule has 350 valence electrons. The third-order valence-corrected chi connectivity index (χ3v) is 18.2. The highest BCUT2D eigenvalue weighted by Crippen LogP contribution is 2.52. The van der Waals surface area contributed by atoms with Gasteiger partial charge in [-0.3, -0.25) is 0 Å². The molecule has 0 aliphatic carbocycles. The van der Waals surface area contributed by atoms with Gasteiger partial charge in [0, 0.05) is 94.6 Å². The smallest absolute Gasteiger partial charge is 0.136 e. The Hall–Kier alpha value is -9.96. The maximum Gasteiger partial charge on any atom is 0.136 e. The third-order valence-electron chi connectivity index (χ3n) is 15.8. The fraction of sp³-hybridized carbons (Fsp3) is 0. The first-order valence-electron chi connectivity index (χ1n) is 25.2. The number of benzene rings is 11. The predicted octanol–water partition coefficient (Wildman–Crippen LogP) is 19.5. The van der Waals surface area contributed by atoms with E-state index in [0.29, 0.717) is 44.8 Å². The molecule has 6 aromatic heterocycles. The molecule has 17 rings (SSSR count). The summed E-state index contributed by atoms with van der Waals surface area (Å²) in [5.41, 5.74) is 11.5. The van der Waals surface area contributed by atoms with Crippen LogP contribution < -0.4 is 0 Å². The van der Waals surface area contributed by atoms with E-state index in [4.69, 9.17) is 8.83 Å². The number of aromatic nitrogens is 2. The number of fused-ring (bicyclic) bond motifs is 20. The van der Waals surface area contributed by atoms with Crippen LogP contribution in [0.2, 0.25) is 0 Å². The van der Waals surface area contributed by atoms with Crippen LogP contribution >= 0.6 is 22.7 Å². The van der Waals surface area contributed by atoms with Crippen molar-refractivity contribution in [3.05, 3.63) is 217 Å². The molecular formula is C68H34N4O2S2. The fourth-order valence-electron chi connectivity index (χ4n) is 12.7. The van der Waals surface area contributed by atoms with E-state index in [0.717, 1.165) is 87.4 Å². The number of thiophene rings is 2. The van der Waals surface area contributed by atoms with Crippen LogP contribution in [0, 0.1) is 22.7 Å². The molecule has 11 aromatic carbocycles. The Kier molecular flexibility index (Phi) is 8.36. The van der Waals surface area contributed by atoms with Gasteiger partial charge in [0.15, 0.2) is 0 Å². The molecule has 0 unspecified atom stereocenters. The standard InChI is InChI=1S/C68H34N4O2S2/c69-35-49-61(37-25-27-41-39-13-3-9-21-55(39)73-57(41)33-37)50(36-70)66(72-52-20-8-2-18-48(52)64-54(72)32-30-46-44-16-6-12-24-60(44)76-68(46)64)62(38-26-28-42-40-14-4-10-22-56(40)74-58(42)34-38)65(49)71-51-19-7-1-17-47(51)63-53(71)31-29-45-43-15-5-11-23-59(43)75-67(45)63/h1-34H. The molecule has 17 aromatic rings. The molecule has 0 saturated carbocycles. The van der Waals surface area contributed by atoms with Crippen LogP contribution in [0.3, 0.4) is 0 Å². The summed E-state index contributed by atoms with van der Waals surface area (Å²) in [5, 5.41) is 37.7. The summed E-state index contributed by atoms with van der Waals surface area (Å²) >= 11 is 3.59. The molecule has 0 aliphatic heterocycles. The normalized spacial score (nSPS) is 12.2. The first kappa shape index (κ1) is 41.5. The van der Waals surface area contributed by atoms with Crippen molar-refractivity contribution in [1.29, 1.82) is 10.5 Å². The van der Waals surface area contributed by atoms with Crippen LogP contribution in [-0.4, -0.2) is 9.13 Å². The van der Waals surface area contributed by atoms with E-state index in [9.17, 15) is 10.5 Å². The summed E-state index contributed by atoms with van der Waals surface area (Å²) < 4.78 is 22.7. The first-order valence-corrected chi connectivity index (χ1v) is 26.8. The van der Waals surface area contributed by atoms with E-state index in [2.05, 4.69) is 179 Å². The Balaban J connectivity index is 1.12. The summed E-state index contributed by atoms with van der Waals surface area (Å²) in [7, 11) is 0. The number of hydrogen-bond acceptors (Lipinski definition) is 6. The van der Waals surface area contributed by atoms with Crippen molar-refractivity contribution < 1.29 is 8.83 Å². The molecule has 6 heterocycles. The highest BCUT2D eigenvalue weighted by molar-refractivity contribution is 7.27. The predicted molar refractivity (Wildman–Crippen MR) is 316 cm³/mol. The van der Waals surface area contributed by atoms with Crippen molar-refractivity contribution in [3.8, 4) is 45.8 Å². The van der Waals surface area contributed by atoms with Gasteiger partial charge in [-0.15, -0.1) is 22.7 Å². The number of rotatable bonds is 4. The molecule has 0 radical (unpaired) electrons. The molecule has 0 saturated heterocycles. The van der Waals surface area contributed by atoms with Crippen molar-refractivity contribution in [2.75, 3.05) is 0 Å². The van der Waals surface area contributed by atoms with Gasteiger partial charge in [0.2, 0.25) is 0 Å². The lowest BCUT2D eigenvalue weighted by Crippen LogP contribution is -2.11. The minimum Gasteiger partial charge on any atom is -0.456 e. The van der Waals surface area contributed by atoms with Gasteiger partial charge in [0.1, 0.15) is 34.5 Å². The summed E-state index contributed by atoms with van der Waals surface area (Å²) in [6, 6.07) is 77.5. The molecule has 0 bridgehead atoms. The van der Waals surface area contributed by atoms with E-state index >= 15 is 0 Å². The topological polar surface area (TPSA) is 83.7 Å². The Labute approximate surface area is 439 Å². The van der Waals surface area contributed by atoms with Gasteiger partial charge in [0.05, 0.1) is 44.6 Å². The quantitative estimate of drug-likeness (QED) is 0.176. The van der Waals surface area contributed by atoms with E-state index in [-0.39, 0.29) is 0 Å². The monoisotopic (exact) mass is 1000 g/mol. The summed E-state index contributed by atoms with van der Waals surface area (Å²) in [4.78, 5) is 0. The molecule has 76 heavy (non-hydrogen) atoms. The molecule has 8 heteroatoms. The zero-order valence-electron chi connectivity index (χ0n) is 40.1. The van der Waals surface area contributed by atoms with E-state index in [1.807, 2.05) is 48.5 Å². The van der Waals surface area contributed by atoms with Crippen LogP contribution in [0.5, 0.6) is 0 Å². The Morgan fingerprint density at radius 3 is 1.18 bits per heavy atom. The lowest BCUT2D eigenvalue weighted by molar-refractivity contribution is 0.668. The van der Waals surface area contributed by atoms with Crippen LogP contribution in [0.4, 0.5) is 0 Å². The Morgan fingerprint density at radius 2 is 0.711 bits per heavy atom. The largest absolute Gasteiger partial charge is 0.456 e. The average molecular weight is 1000 g/mol. The minimum atomic E-state index is 0.363. The number of para-hydroxylation sites is 4. The number of furan rings is 2. The van der Waals surface area contributed by atoms with Crippen molar-refractivity contribution >= 4 is 151 Å². The number of nitrogens with zero attached hydrogens (tertiary/aromatic N) is 4. The summed E-state index contributed by atoms with van der Waals surface area (Å²) in [5.74, 6) is 0. The maximum absolute atomic E-state index is 12.3. The van der Waals surface area contributed by atoms with Gasteiger partial charge in [-0.25, -0.2) is 0 Å². The van der Waals surface area contributed by atoms with E-state index in [1.54, 1.807) is 22.7 Å². The maximum atomic E-state index is 12.3. The average Bonchev–Trinajstić information content (AvgIpc) is 4.36. The number of nitriles is 2. The van der Waals surface area contributed by atoms with Gasteiger partial charge in [-0.05, 0) is 83.9 Å². The molecular weight excluding hydrogens is 969 g/mol. The van der Waals surface area contributed by atoms with Gasteiger partial charge in [-0.2, -0.15) is 10.5 Å². The van der Waals surface area contributed by atoms with Crippen LogP contribution in [0.25, 0.3) is 161 Å². The minimum absolute atomic E-state index is 0.363. The Bertz CT molecular complexity index is 5300. The highest BCUT2D eigenvalue weighted by Gasteiger charge is 2.33. The summed E-state index contributed by atoms with van der Waals surface area (Å²) in [6.45, 7) is 0. The van der Waals surface area contributed by atoms with E-state index in [1.165, 1.54) is 40.3 Å². The van der Waals surface area contributed by atoms with Crippen molar-refractivity contribution in [3.63, 3.8) is 0 Å². The van der Waals surface area contributed by atoms with Crippen LogP contribution in [0.15, 0.2) is 215 Å². The molecule has 0 fully saturated rings. The van der Waals surface area contributed by atoms with Gasteiger partial charge >= 0.3 is 0 Å². The van der Waals surface area contributed by atoms with Crippen molar-refractivity contribution in [2.24, 2.45) is 0 Å². The molecule has 0 amide bonds. The highest BCUT2D eigenvalue weighted by atomic mass is 32.1. The first-order chi connectivity index (χ1) is 37.6. The lowest BCUT2D eigenvalue weighted by atomic mass is 9.86. The number of hydrogen-bond donors (Lipinski definition) is 0. The SMILES string of the molecule is N#Cc1c(-c2ccc3c(c2)oc2ccccc23)c(C#N)c(-n2c3ccccc3c3c4sc5ccccc5c4ccc32)c(-c2ccc3c(c2)oc2ccccc23)c1-n1c2ccccc2c2c3sc4ccccc4c3ccc21. The van der Waals surface area contributed by atoms with Crippen molar-refractivity contribution in [1.82, 2.24) is 9.13 Å². The third kappa shape index (κ3) is 5.45. The second-order valence-corrected chi connectivity index (χ2v) is 21.7. The zero-order valence-corrected chi connectivity index (χ0v) is 41.7. The molecule has 0 spiro atoms. The van der Waals surface area contributed by atoms with Crippen LogP contribution in [-0.2, 0) is 0 Å². The Morgan fingerprint density at radius 1 is 0.329 bits per heavy atom. The molecule has 0 N–H and O–H groups in total. The van der Waals surface area contributed by atoms with Crippen LogP contribution in [0.1, 0.15) is 11.1 Å². The van der Waals surface area contributed by atoms with E-state index < -0.39 is 0 Å². The molecule has 6 nitrogen and oxygen atoms in total. The fourth-order valence-corrected chi connectivity index (χ4v) is 15.2. The molecule has 0 atom stereocenters. The zero-order chi connectivity index (χ0) is 49.9. The second kappa shape index (κ2) is 15.3. The van der Waals surface area contributed by atoms with Gasteiger partial charge in [-0.1, -0.05) is 133 Å². The lowest BCUT2D eigenvalue weighted by Gasteiger charge is -2.25. The van der Waals surface area contributed by atoms with Gasteiger partial charge in [0.25, 0.3) is 0 Å². The van der Waals surface area contributed by atoms with Gasteiger partial charge < -0.3 is 18.0 Å².